The number of hydrogen-bond donors (Lipinski definition) is 0. The lowest BCUT2D eigenvalue weighted by atomic mass is 9.73. The second kappa shape index (κ2) is 7.40. The number of thiazole rings is 1. The van der Waals surface area contributed by atoms with Crippen LogP contribution in [-0.4, -0.2) is 56.8 Å². The van der Waals surface area contributed by atoms with Crippen LogP contribution in [-0.2, 0) is 6.54 Å². The van der Waals surface area contributed by atoms with Gasteiger partial charge in [-0.2, -0.15) is 0 Å². The number of carbonyl (C=O) groups excluding carboxylic acids is 1. The van der Waals surface area contributed by atoms with Crippen LogP contribution in [0.5, 0.6) is 0 Å². The highest BCUT2D eigenvalue weighted by Crippen LogP contribution is 2.39. The van der Waals surface area contributed by atoms with Gasteiger partial charge in [0.25, 0.3) is 5.91 Å². The van der Waals surface area contributed by atoms with Crippen molar-refractivity contribution < 1.29 is 4.79 Å². The zero-order chi connectivity index (χ0) is 18.0. The molecule has 4 heterocycles. The molecule has 138 valence electrons. The average Bonchev–Trinajstić information content (AvgIpc) is 3.06. The van der Waals surface area contributed by atoms with Crippen molar-refractivity contribution in [1.82, 2.24) is 24.8 Å². The quantitative estimate of drug-likeness (QED) is 0.830. The first kappa shape index (κ1) is 17.5. The van der Waals surface area contributed by atoms with E-state index in [1.165, 1.54) is 31.3 Å². The number of aryl methyl sites for hydroxylation is 1. The third kappa shape index (κ3) is 3.78. The Bertz CT molecular complexity index is 760. The van der Waals surface area contributed by atoms with Crippen molar-refractivity contribution in [3.8, 4) is 0 Å². The van der Waals surface area contributed by atoms with E-state index in [0.717, 1.165) is 44.2 Å². The number of amides is 1. The highest BCUT2D eigenvalue weighted by atomic mass is 32.1. The first-order valence-electron chi connectivity index (χ1n) is 9.31. The lowest BCUT2D eigenvalue weighted by molar-refractivity contribution is 0.0110. The summed E-state index contributed by atoms with van der Waals surface area (Å²) in [6.45, 7) is 6.84. The second-order valence-electron chi connectivity index (χ2n) is 7.63. The molecule has 2 fully saturated rings. The molecular formula is C19H25N5OS. The number of hydrogen-bond acceptors (Lipinski definition) is 6. The smallest absolute Gasteiger partial charge is 0.257 e. The van der Waals surface area contributed by atoms with Gasteiger partial charge in [0.2, 0.25) is 0 Å². The third-order valence-corrected chi connectivity index (χ3v) is 6.37. The van der Waals surface area contributed by atoms with Gasteiger partial charge in [0.15, 0.2) is 0 Å². The standard InChI is InChI=1S/C19H25N5OS/c1-15-22-17(11-26-15)10-23-6-2-4-19(12-23)5-3-7-24(13-19)18(25)16-8-20-14-21-9-16/h8-9,11,14H,2-7,10,12-13H2,1H3. The number of carbonyl (C=O) groups is 1. The first-order valence-corrected chi connectivity index (χ1v) is 10.2. The summed E-state index contributed by atoms with van der Waals surface area (Å²) in [5, 5.41) is 3.30. The number of rotatable bonds is 3. The van der Waals surface area contributed by atoms with Crippen LogP contribution in [0.2, 0.25) is 0 Å². The second-order valence-corrected chi connectivity index (χ2v) is 8.69. The summed E-state index contributed by atoms with van der Waals surface area (Å²) >= 11 is 1.72. The Morgan fingerprint density at radius 3 is 2.69 bits per heavy atom. The van der Waals surface area contributed by atoms with Crippen molar-refractivity contribution in [2.24, 2.45) is 5.41 Å². The monoisotopic (exact) mass is 371 g/mol. The van der Waals surface area contributed by atoms with Crippen LogP contribution >= 0.6 is 11.3 Å². The van der Waals surface area contributed by atoms with Gasteiger partial charge in [-0.25, -0.2) is 15.0 Å². The van der Waals surface area contributed by atoms with E-state index in [2.05, 4.69) is 32.2 Å². The zero-order valence-corrected chi connectivity index (χ0v) is 16.0. The van der Waals surface area contributed by atoms with E-state index in [-0.39, 0.29) is 11.3 Å². The number of piperidine rings is 2. The van der Waals surface area contributed by atoms with Gasteiger partial charge in [-0.15, -0.1) is 11.3 Å². The van der Waals surface area contributed by atoms with E-state index < -0.39 is 0 Å². The van der Waals surface area contributed by atoms with Crippen LogP contribution in [0.3, 0.4) is 0 Å². The Morgan fingerprint density at radius 2 is 1.96 bits per heavy atom. The fraction of sp³-hybridized carbons (Fsp3) is 0.579. The van der Waals surface area contributed by atoms with Gasteiger partial charge in [0.1, 0.15) is 6.33 Å². The fourth-order valence-corrected chi connectivity index (χ4v) is 5.07. The minimum absolute atomic E-state index is 0.0666. The molecule has 2 saturated heterocycles. The predicted octanol–water partition coefficient (Wildman–Crippen LogP) is 2.76. The molecular weight excluding hydrogens is 346 g/mol. The van der Waals surface area contributed by atoms with Crippen molar-refractivity contribution in [2.45, 2.75) is 39.2 Å². The number of likely N-dealkylation sites (tertiary alicyclic amines) is 2. The van der Waals surface area contributed by atoms with E-state index >= 15 is 0 Å². The Kier molecular flexibility index (Phi) is 5.00. The van der Waals surface area contributed by atoms with Crippen LogP contribution in [0.15, 0.2) is 24.1 Å². The van der Waals surface area contributed by atoms with Crippen LogP contribution in [0, 0.1) is 12.3 Å². The molecule has 26 heavy (non-hydrogen) atoms. The molecule has 1 unspecified atom stereocenters. The molecule has 1 spiro atoms. The minimum atomic E-state index is 0.0666. The summed E-state index contributed by atoms with van der Waals surface area (Å²) in [6, 6.07) is 0. The highest BCUT2D eigenvalue weighted by molar-refractivity contribution is 7.09. The zero-order valence-electron chi connectivity index (χ0n) is 15.2. The van der Waals surface area contributed by atoms with Gasteiger partial charge in [-0.05, 0) is 39.2 Å². The lowest BCUT2D eigenvalue weighted by Crippen LogP contribution is -2.53. The average molecular weight is 372 g/mol. The van der Waals surface area contributed by atoms with E-state index in [1.807, 2.05) is 4.90 Å². The molecule has 0 saturated carbocycles. The molecule has 4 rings (SSSR count). The van der Waals surface area contributed by atoms with Gasteiger partial charge in [-0.1, -0.05) is 0 Å². The third-order valence-electron chi connectivity index (χ3n) is 5.55. The summed E-state index contributed by atoms with van der Waals surface area (Å²) in [4.78, 5) is 30.0. The molecule has 0 bridgehead atoms. The molecule has 6 nitrogen and oxygen atoms in total. The summed E-state index contributed by atoms with van der Waals surface area (Å²) in [6.07, 6.45) is 9.38. The van der Waals surface area contributed by atoms with Crippen LogP contribution in [0.1, 0.15) is 46.7 Å². The maximum absolute atomic E-state index is 12.8. The molecule has 0 radical (unpaired) electrons. The van der Waals surface area contributed by atoms with Crippen molar-refractivity contribution in [1.29, 1.82) is 0 Å². The van der Waals surface area contributed by atoms with E-state index in [4.69, 9.17) is 0 Å². The van der Waals surface area contributed by atoms with Gasteiger partial charge < -0.3 is 4.90 Å². The summed E-state index contributed by atoms with van der Waals surface area (Å²) in [5.41, 5.74) is 1.98. The van der Waals surface area contributed by atoms with Gasteiger partial charge in [0.05, 0.1) is 16.3 Å². The Hall–Kier alpha value is -1.86. The SMILES string of the molecule is Cc1nc(CN2CCCC3(CCCN(C(=O)c4cncnc4)C3)C2)cs1. The molecule has 2 aliphatic heterocycles. The molecule has 0 aliphatic carbocycles. The molecule has 2 aliphatic rings. The Balaban J connectivity index is 1.44. The highest BCUT2D eigenvalue weighted by Gasteiger charge is 2.40. The molecule has 0 N–H and O–H groups in total. The largest absolute Gasteiger partial charge is 0.338 e. The maximum Gasteiger partial charge on any atom is 0.257 e. The maximum atomic E-state index is 12.8. The molecule has 1 amide bonds. The number of nitrogens with zero attached hydrogens (tertiary/aromatic N) is 5. The van der Waals surface area contributed by atoms with Gasteiger partial charge in [-0.3, -0.25) is 9.69 Å². The summed E-state index contributed by atoms with van der Waals surface area (Å²) in [5.74, 6) is 0.0666. The van der Waals surface area contributed by atoms with Gasteiger partial charge in [0, 0.05) is 49.4 Å². The first-order chi connectivity index (χ1) is 12.6. The summed E-state index contributed by atoms with van der Waals surface area (Å²) < 4.78 is 0. The minimum Gasteiger partial charge on any atom is -0.338 e. The van der Waals surface area contributed by atoms with E-state index in [0.29, 0.717) is 5.56 Å². The van der Waals surface area contributed by atoms with Crippen molar-refractivity contribution in [3.63, 3.8) is 0 Å². The van der Waals surface area contributed by atoms with Gasteiger partial charge >= 0.3 is 0 Å². The van der Waals surface area contributed by atoms with Crippen LogP contribution in [0.25, 0.3) is 0 Å². The normalized spacial score (nSPS) is 24.1. The molecule has 0 aromatic carbocycles. The Labute approximate surface area is 158 Å². The van der Waals surface area contributed by atoms with E-state index in [1.54, 1.807) is 23.7 Å². The van der Waals surface area contributed by atoms with Crippen molar-refractivity contribution >= 4 is 17.2 Å². The Morgan fingerprint density at radius 1 is 1.19 bits per heavy atom. The lowest BCUT2D eigenvalue weighted by Gasteiger charge is -2.48. The van der Waals surface area contributed by atoms with Crippen LogP contribution in [0.4, 0.5) is 0 Å². The molecule has 1 atom stereocenters. The fourth-order valence-electron chi connectivity index (χ4n) is 4.46. The molecule has 2 aromatic rings. The predicted molar refractivity (Wildman–Crippen MR) is 101 cm³/mol. The van der Waals surface area contributed by atoms with Crippen molar-refractivity contribution in [3.05, 3.63) is 40.4 Å². The topological polar surface area (TPSA) is 62.2 Å². The summed E-state index contributed by atoms with van der Waals surface area (Å²) in [7, 11) is 0. The van der Waals surface area contributed by atoms with Crippen molar-refractivity contribution in [2.75, 3.05) is 26.2 Å². The van der Waals surface area contributed by atoms with Crippen LogP contribution < -0.4 is 0 Å². The van der Waals surface area contributed by atoms with E-state index in [9.17, 15) is 4.79 Å². The molecule has 2 aromatic heterocycles. The number of aromatic nitrogens is 3. The molecule has 7 heteroatoms.